The number of rotatable bonds is 6. The molecule has 0 radical (unpaired) electrons. The van der Waals surface area contributed by atoms with E-state index >= 15 is 0 Å². The summed E-state index contributed by atoms with van der Waals surface area (Å²) in [6.07, 6.45) is 0.937. The van der Waals surface area contributed by atoms with Crippen LogP contribution in [0.1, 0.15) is 29.2 Å². The van der Waals surface area contributed by atoms with Crippen molar-refractivity contribution in [3.05, 3.63) is 50.9 Å². The average Bonchev–Trinajstić information content (AvgIpc) is 2.92. The van der Waals surface area contributed by atoms with Gasteiger partial charge in [0.1, 0.15) is 0 Å². The average molecular weight is 329 g/mol. The molecule has 1 unspecified atom stereocenters. The second kappa shape index (κ2) is 7.41. The Hall–Kier alpha value is -0.610. The topological polar surface area (TPSA) is 16.1 Å². The smallest absolute Gasteiger partial charge is 0.0941 e. The predicted octanol–water partition coefficient (Wildman–Crippen LogP) is 4.77. The largest absolute Gasteiger partial charge is 0.299 e. The van der Waals surface area contributed by atoms with Crippen LogP contribution in [-0.2, 0) is 12.3 Å². The minimum absolute atomic E-state index is 0.288. The molecule has 1 aromatic heterocycles. The molecule has 0 saturated carbocycles. The van der Waals surface area contributed by atoms with Crippen LogP contribution in [0.5, 0.6) is 0 Å². The highest BCUT2D eigenvalue weighted by molar-refractivity contribution is 7.09. The minimum atomic E-state index is 0.288. The van der Waals surface area contributed by atoms with E-state index in [1.807, 2.05) is 23.6 Å². The van der Waals surface area contributed by atoms with Gasteiger partial charge in [-0.05, 0) is 25.6 Å². The number of benzene rings is 1. The number of alkyl halides is 1. The van der Waals surface area contributed by atoms with Gasteiger partial charge in [-0.15, -0.1) is 22.9 Å². The van der Waals surface area contributed by atoms with Crippen LogP contribution >= 0.6 is 34.5 Å². The second-order valence-corrected chi connectivity index (χ2v) is 6.41. The van der Waals surface area contributed by atoms with Crippen LogP contribution in [0.3, 0.4) is 0 Å². The van der Waals surface area contributed by atoms with E-state index in [-0.39, 0.29) is 6.04 Å². The zero-order valence-electron chi connectivity index (χ0n) is 11.6. The Morgan fingerprint density at radius 2 is 2.10 bits per heavy atom. The second-order valence-electron chi connectivity index (χ2n) is 4.79. The molecule has 2 aromatic rings. The van der Waals surface area contributed by atoms with E-state index in [2.05, 4.69) is 29.9 Å². The van der Waals surface area contributed by atoms with E-state index in [0.717, 1.165) is 34.3 Å². The summed E-state index contributed by atoms with van der Waals surface area (Å²) in [6.45, 7) is 3.12. The summed E-state index contributed by atoms with van der Waals surface area (Å²) in [4.78, 5) is 6.78. The molecule has 0 bridgehead atoms. The standard InChI is InChI=1S/C15H18Cl2N2S/c1-11(13-5-3-4-6-14(13)17)19(2)8-7-15-18-12(9-16)10-20-15/h3-6,10-11H,7-9H2,1-2H3. The summed E-state index contributed by atoms with van der Waals surface area (Å²) in [7, 11) is 2.12. The lowest BCUT2D eigenvalue weighted by atomic mass is 10.1. The molecule has 108 valence electrons. The van der Waals surface area contributed by atoms with Gasteiger partial charge in [-0.25, -0.2) is 4.98 Å². The van der Waals surface area contributed by atoms with Crippen LogP contribution < -0.4 is 0 Å². The molecule has 0 spiro atoms. The van der Waals surface area contributed by atoms with Crippen molar-refractivity contribution in [1.29, 1.82) is 0 Å². The first kappa shape index (κ1) is 15.8. The van der Waals surface area contributed by atoms with Crippen molar-refractivity contribution in [1.82, 2.24) is 9.88 Å². The van der Waals surface area contributed by atoms with E-state index in [4.69, 9.17) is 23.2 Å². The summed E-state index contributed by atoms with van der Waals surface area (Å²) >= 11 is 13.7. The zero-order valence-corrected chi connectivity index (χ0v) is 14.0. The molecule has 2 nitrogen and oxygen atoms in total. The van der Waals surface area contributed by atoms with Crippen LogP contribution in [0.15, 0.2) is 29.6 Å². The maximum Gasteiger partial charge on any atom is 0.0941 e. The molecule has 1 aromatic carbocycles. The van der Waals surface area contributed by atoms with Gasteiger partial charge in [-0.3, -0.25) is 4.90 Å². The third kappa shape index (κ3) is 3.95. The monoisotopic (exact) mass is 328 g/mol. The molecule has 0 fully saturated rings. The summed E-state index contributed by atoms with van der Waals surface area (Å²) in [5.41, 5.74) is 2.13. The third-order valence-electron chi connectivity index (χ3n) is 3.43. The van der Waals surface area contributed by atoms with Crippen LogP contribution in [0.4, 0.5) is 0 Å². The van der Waals surface area contributed by atoms with E-state index in [9.17, 15) is 0 Å². The number of halogens is 2. The fourth-order valence-electron chi connectivity index (χ4n) is 2.04. The van der Waals surface area contributed by atoms with E-state index in [1.54, 1.807) is 11.3 Å². The Bertz CT molecular complexity index is 556. The fraction of sp³-hybridized carbons (Fsp3) is 0.400. The van der Waals surface area contributed by atoms with Gasteiger partial charge in [0.15, 0.2) is 0 Å². The molecule has 1 heterocycles. The Kier molecular flexibility index (Phi) is 5.85. The number of hydrogen-bond acceptors (Lipinski definition) is 3. The fourth-order valence-corrected chi connectivity index (χ4v) is 3.35. The summed E-state index contributed by atoms with van der Waals surface area (Å²) < 4.78 is 0. The molecular formula is C15H18Cl2N2S. The highest BCUT2D eigenvalue weighted by Crippen LogP contribution is 2.26. The summed E-state index contributed by atoms with van der Waals surface area (Å²) in [5, 5.41) is 3.99. The SMILES string of the molecule is CC(c1ccccc1Cl)N(C)CCc1nc(CCl)cs1. The summed E-state index contributed by atoms with van der Waals surface area (Å²) in [5.74, 6) is 0.488. The van der Waals surface area contributed by atoms with Crippen molar-refractivity contribution in [2.24, 2.45) is 0 Å². The minimum Gasteiger partial charge on any atom is -0.299 e. The molecule has 0 amide bonds. The molecule has 0 aliphatic heterocycles. The van der Waals surface area contributed by atoms with E-state index < -0.39 is 0 Å². The van der Waals surface area contributed by atoms with Gasteiger partial charge < -0.3 is 0 Å². The quantitative estimate of drug-likeness (QED) is 0.710. The first-order valence-electron chi connectivity index (χ1n) is 6.55. The van der Waals surface area contributed by atoms with Gasteiger partial charge in [0.2, 0.25) is 0 Å². The van der Waals surface area contributed by atoms with Crippen molar-refractivity contribution in [3.8, 4) is 0 Å². The van der Waals surface area contributed by atoms with Crippen molar-refractivity contribution < 1.29 is 0 Å². The van der Waals surface area contributed by atoms with Gasteiger partial charge >= 0.3 is 0 Å². The van der Waals surface area contributed by atoms with Crippen molar-refractivity contribution in [2.45, 2.75) is 25.3 Å². The van der Waals surface area contributed by atoms with Gasteiger partial charge in [-0.2, -0.15) is 0 Å². The number of nitrogens with zero attached hydrogens (tertiary/aromatic N) is 2. The van der Waals surface area contributed by atoms with Crippen molar-refractivity contribution >= 4 is 34.5 Å². The molecule has 20 heavy (non-hydrogen) atoms. The maximum atomic E-state index is 6.25. The van der Waals surface area contributed by atoms with Gasteiger partial charge in [0, 0.05) is 29.4 Å². The van der Waals surface area contributed by atoms with Gasteiger partial charge in [-0.1, -0.05) is 29.8 Å². The Morgan fingerprint density at radius 1 is 1.35 bits per heavy atom. The third-order valence-corrected chi connectivity index (χ3v) is 5.01. The van der Waals surface area contributed by atoms with Gasteiger partial charge in [0.25, 0.3) is 0 Å². The lowest BCUT2D eigenvalue weighted by molar-refractivity contribution is 0.265. The lowest BCUT2D eigenvalue weighted by Gasteiger charge is -2.25. The number of likely N-dealkylation sites (N-methyl/N-ethyl adjacent to an activating group) is 1. The predicted molar refractivity (Wildman–Crippen MR) is 87.9 cm³/mol. The lowest BCUT2D eigenvalue weighted by Crippen LogP contribution is -2.25. The first-order chi connectivity index (χ1) is 9.61. The molecular weight excluding hydrogens is 311 g/mol. The Labute approximate surface area is 134 Å². The number of aromatic nitrogens is 1. The van der Waals surface area contributed by atoms with E-state index in [1.165, 1.54) is 0 Å². The highest BCUT2D eigenvalue weighted by Gasteiger charge is 2.14. The van der Waals surface area contributed by atoms with Crippen LogP contribution in [0.2, 0.25) is 5.02 Å². The first-order valence-corrected chi connectivity index (χ1v) is 8.35. The highest BCUT2D eigenvalue weighted by atomic mass is 35.5. The molecule has 0 N–H and O–H groups in total. The Balaban J connectivity index is 1.94. The molecule has 0 aliphatic carbocycles. The van der Waals surface area contributed by atoms with E-state index in [0.29, 0.717) is 5.88 Å². The number of hydrogen-bond donors (Lipinski definition) is 0. The van der Waals surface area contributed by atoms with Crippen molar-refractivity contribution in [2.75, 3.05) is 13.6 Å². The van der Waals surface area contributed by atoms with Crippen LogP contribution in [0.25, 0.3) is 0 Å². The van der Waals surface area contributed by atoms with Crippen LogP contribution in [0, 0.1) is 0 Å². The molecule has 1 atom stereocenters. The zero-order chi connectivity index (χ0) is 14.5. The van der Waals surface area contributed by atoms with Crippen molar-refractivity contribution in [3.63, 3.8) is 0 Å². The number of thiazole rings is 1. The Morgan fingerprint density at radius 3 is 2.75 bits per heavy atom. The summed E-state index contributed by atoms with van der Waals surface area (Å²) in [6, 6.07) is 8.30. The maximum absolute atomic E-state index is 6.25. The molecule has 0 aliphatic rings. The molecule has 5 heteroatoms. The molecule has 0 saturated heterocycles. The normalized spacial score (nSPS) is 12.8. The van der Waals surface area contributed by atoms with Gasteiger partial charge in [0.05, 0.1) is 16.6 Å². The van der Waals surface area contributed by atoms with Crippen LogP contribution in [-0.4, -0.2) is 23.5 Å². The molecule has 2 rings (SSSR count).